The fourth-order valence-electron chi connectivity index (χ4n) is 2.96. The van der Waals surface area contributed by atoms with Gasteiger partial charge in [0.1, 0.15) is 0 Å². The SMILES string of the molecule is O=C(Nc1ccc(C(O)(C(F)(F)F)C(F)(F)F)cc1)c1cccc(-c2ccccc2)c1. The lowest BCUT2D eigenvalue weighted by atomic mass is 9.92. The zero-order chi connectivity index (χ0) is 22.9. The molecule has 0 heterocycles. The first-order valence-corrected chi connectivity index (χ1v) is 8.87. The van der Waals surface area contributed by atoms with E-state index >= 15 is 0 Å². The second-order valence-corrected chi connectivity index (χ2v) is 6.68. The molecule has 0 aromatic heterocycles. The number of anilines is 1. The van der Waals surface area contributed by atoms with Crippen LogP contribution in [0.4, 0.5) is 32.0 Å². The van der Waals surface area contributed by atoms with E-state index in [-0.39, 0.29) is 11.3 Å². The highest BCUT2D eigenvalue weighted by Crippen LogP contribution is 2.50. The largest absolute Gasteiger partial charge is 0.430 e. The monoisotopic (exact) mass is 439 g/mol. The summed E-state index contributed by atoms with van der Waals surface area (Å²) >= 11 is 0. The summed E-state index contributed by atoms with van der Waals surface area (Å²) in [5.74, 6) is -0.604. The fraction of sp³-hybridized carbons (Fsp3) is 0.136. The van der Waals surface area contributed by atoms with Gasteiger partial charge in [-0.15, -0.1) is 0 Å². The Morgan fingerprint density at radius 1 is 0.710 bits per heavy atom. The van der Waals surface area contributed by atoms with Gasteiger partial charge in [0.05, 0.1) is 0 Å². The van der Waals surface area contributed by atoms with E-state index in [0.717, 1.165) is 23.3 Å². The fourth-order valence-corrected chi connectivity index (χ4v) is 2.96. The van der Waals surface area contributed by atoms with Gasteiger partial charge in [-0.2, -0.15) is 26.3 Å². The molecular formula is C22H15F6NO2. The van der Waals surface area contributed by atoms with Crippen LogP contribution in [0.3, 0.4) is 0 Å². The van der Waals surface area contributed by atoms with Gasteiger partial charge in [-0.1, -0.05) is 54.6 Å². The molecule has 0 atom stereocenters. The predicted octanol–water partition coefficient (Wildman–Crippen LogP) is 5.92. The third-order valence-corrected chi connectivity index (χ3v) is 4.61. The Balaban J connectivity index is 1.83. The zero-order valence-electron chi connectivity index (χ0n) is 15.6. The molecule has 3 aromatic carbocycles. The first-order chi connectivity index (χ1) is 14.4. The van der Waals surface area contributed by atoms with Crippen LogP contribution < -0.4 is 5.32 Å². The molecule has 0 aliphatic rings. The Bertz CT molecular complexity index is 1050. The summed E-state index contributed by atoms with van der Waals surface area (Å²) < 4.78 is 77.7. The lowest BCUT2D eigenvalue weighted by molar-refractivity contribution is -0.376. The molecule has 0 unspecified atom stereocenters. The minimum atomic E-state index is -5.98. The van der Waals surface area contributed by atoms with E-state index in [0.29, 0.717) is 12.1 Å². The maximum absolute atomic E-state index is 13.0. The van der Waals surface area contributed by atoms with Crippen molar-refractivity contribution in [2.75, 3.05) is 5.32 Å². The molecule has 0 fully saturated rings. The number of alkyl halides is 6. The maximum Gasteiger partial charge on any atom is 0.430 e. The van der Waals surface area contributed by atoms with E-state index in [9.17, 15) is 36.2 Å². The number of benzene rings is 3. The summed E-state index contributed by atoms with van der Waals surface area (Å²) in [5, 5.41) is 11.8. The van der Waals surface area contributed by atoms with Crippen LogP contribution in [-0.4, -0.2) is 23.4 Å². The smallest absolute Gasteiger partial charge is 0.369 e. The molecule has 0 saturated carbocycles. The van der Waals surface area contributed by atoms with Crippen LogP contribution in [0.5, 0.6) is 0 Å². The van der Waals surface area contributed by atoms with Gasteiger partial charge in [-0.3, -0.25) is 4.79 Å². The van der Waals surface area contributed by atoms with Gasteiger partial charge in [0.15, 0.2) is 0 Å². The number of aliphatic hydroxyl groups is 1. The molecular weight excluding hydrogens is 424 g/mol. The normalized spacial score (nSPS) is 12.5. The molecule has 3 rings (SSSR count). The Morgan fingerprint density at radius 2 is 1.26 bits per heavy atom. The first kappa shape index (κ1) is 22.4. The molecule has 9 heteroatoms. The van der Waals surface area contributed by atoms with Gasteiger partial charge in [-0.05, 0) is 35.4 Å². The lowest BCUT2D eigenvalue weighted by Gasteiger charge is -2.32. The number of rotatable bonds is 4. The van der Waals surface area contributed by atoms with Crippen LogP contribution in [0.15, 0.2) is 78.9 Å². The van der Waals surface area contributed by atoms with Crippen molar-refractivity contribution in [3.8, 4) is 11.1 Å². The van der Waals surface area contributed by atoms with E-state index in [1.165, 1.54) is 6.07 Å². The maximum atomic E-state index is 13.0. The van der Waals surface area contributed by atoms with E-state index in [4.69, 9.17) is 0 Å². The lowest BCUT2D eigenvalue weighted by Crippen LogP contribution is -2.53. The van der Waals surface area contributed by atoms with Crippen molar-refractivity contribution in [3.05, 3.63) is 90.0 Å². The molecule has 3 aromatic rings. The molecule has 0 aliphatic carbocycles. The Morgan fingerprint density at radius 3 is 1.81 bits per heavy atom. The summed E-state index contributed by atoms with van der Waals surface area (Å²) in [4.78, 5) is 12.5. The average molecular weight is 439 g/mol. The second-order valence-electron chi connectivity index (χ2n) is 6.68. The molecule has 3 nitrogen and oxygen atoms in total. The van der Waals surface area contributed by atoms with Gasteiger partial charge >= 0.3 is 12.4 Å². The summed E-state index contributed by atoms with van der Waals surface area (Å²) in [5.41, 5.74) is -4.61. The number of amides is 1. The van der Waals surface area contributed by atoms with E-state index < -0.39 is 29.4 Å². The van der Waals surface area contributed by atoms with Crippen molar-refractivity contribution in [1.29, 1.82) is 0 Å². The molecule has 2 N–H and O–H groups in total. The van der Waals surface area contributed by atoms with Crippen LogP contribution in [0.1, 0.15) is 15.9 Å². The highest BCUT2D eigenvalue weighted by molar-refractivity contribution is 6.05. The van der Waals surface area contributed by atoms with Gasteiger partial charge in [0.25, 0.3) is 11.5 Å². The summed E-state index contributed by atoms with van der Waals surface area (Å²) in [7, 11) is 0. The van der Waals surface area contributed by atoms with Crippen molar-refractivity contribution in [2.45, 2.75) is 18.0 Å². The Hall–Kier alpha value is -3.33. The molecule has 0 spiro atoms. The molecule has 0 bridgehead atoms. The van der Waals surface area contributed by atoms with Gasteiger partial charge in [-0.25, -0.2) is 0 Å². The summed E-state index contributed by atoms with van der Waals surface area (Å²) in [6, 6.07) is 18.4. The number of carbonyl (C=O) groups excluding carboxylic acids is 1. The quantitative estimate of drug-likeness (QED) is 0.496. The minimum Gasteiger partial charge on any atom is -0.369 e. The highest BCUT2D eigenvalue weighted by Gasteiger charge is 2.71. The molecule has 31 heavy (non-hydrogen) atoms. The predicted molar refractivity (Wildman–Crippen MR) is 102 cm³/mol. The van der Waals surface area contributed by atoms with Crippen LogP contribution in [-0.2, 0) is 5.60 Å². The van der Waals surface area contributed by atoms with E-state index in [1.54, 1.807) is 18.2 Å². The second kappa shape index (κ2) is 8.07. The number of hydrogen-bond acceptors (Lipinski definition) is 2. The van der Waals surface area contributed by atoms with Gasteiger partial charge in [0.2, 0.25) is 0 Å². The van der Waals surface area contributed by atoms with E-state index in [2.05, 4.69) is 5.32 Å². The molecule has 0 aliphatic heterocycles. The van der Waals surface area contributed by atoms with Crippen molar-refractivity contribution < 1.29 is 36.2 Å². The average Bonchev–Trinajstić information content (AvgIpc) is 2.73. The number of carbonyl (C=O) groups is 1. The van der Waals surface area contributed by atoms with Crippen LogP contribution >= 0.6 is 0 Å². The van der Waals surface area contributed by atoms with Crippen molar-refractivity contribution in [1.82, 2.24) is 0 Å². The minimum absolute atomic E-state index is 0.0365. The molecule has 162 valence electrons. The number of hydrogen-bond donors (Lipinski definition) is 2. The number of nitrogens with one attached hydrogen (secondary N) is 1. The number of halogens is 6. The third-order valence-electron chi connectivity index (χ3n) is 4.61. The van der Waals surface area contributed by atoms with E-state index in [1.807, 2.05) is 30.3 Å². The molecule has 0 saturated heterocycles. The van der Waals surface area contributed by atoms with Crippen LogP contribution in [0.25, 0.3) is 11.1 Å². The molecule has 0 radical (unpaired) electrons. The third kappa shape index (κ3) is 4.41. The topological polar surface area (TPSA) is 49.3 Å². The summed E-state index contributed by atoms with van der Waals surface area (Å²) in [6.07, 6.45) is -12.0. The van der Waals surface area contributed by atoms with Crippen molar-refractivity contribution in [3.63, 3.8) is 0 Å². The van der Waals surface area contributed by atoms with Crippen molar-refractivity contribution in [2.24, 2.45) is 0 Å². The summed E-state index contributed by atoms with van der Waals surface area (Å²) in [6.45, 7) is 0. The van der Waals surface area contributed by atoms with Crippen LogP contribution in [0, 0.1) is 0 Å². The Kier molecular flexibility index (Phi) is 5.82. The van der Waals surface area contributed by atoms with Crippen molar-refractivity contribution >= 4 is 11.6 Å². The standard InChI is InChI=1S/C22H15F6NO2/c23-21(24,25)20(31,22(26,27)28)17-9-11-18(12-10-17)29-19(30)16-8-4-7-15(13-16)14-5-2-1-3-6-14/h1-13,31H,(H,29,30). The molecule has 1 amide bonds. The highest BCUT2D eigenvalue weighted by atomic mass is 19.4. The first-order valence-electron chi connectivity index (χ1n) is 8.87. The van der Waals surface area contributed by atoms with Gasteiger partial charge in [0, 0.05) is 16.8 Å². The van der Waals surface area contributed by atoms with Gasteiger partial charge < -0.3 is 10.4 Å². The van der Waals surface area contributed by atoms with Crippen LogP contribution in [0.2, 0.25) is 0 Å². The zero-order valence-corrected chi connectivity index (χ0v) is 15.6. The Labute approximate surface area is 173 Å².